The molecule has 0 radical (unpaired) electrons. The van der Waals surface area contributed by atoms with Crippen LogP contribution in [0, 0.1) is 17.8 Å². The van der Waals surface area contributed by atoms with Crippen molar-refractivity contribution in [1.82, 2.24) is 5.32 Å². The summed E-state index contributed by atoms with van der Waals surface area (Å²) in [4.78, 5) is 0. The van der Waals surface area contributed by atoms with E-state index in [1.165, 1.54) is 38.6 Å². The predicted octanol–water partition coefficient (Wildman–Crippen LogP) is 2.17. The minimum atomic E-state index is 0.921. The molecule has 0 spiro atoms. The Morgan fingerprint density at radius 3 is 2.50 bits per heavy atom. The molecule has 0 amide bonds. The number of nitrogens with one attached hydrogen (secondary N) is 1. The molecule has 0 aliphatic heterocycles. The smallest absolute Gasteiger partial charge is 0.00981 e. The number of hydrogen-bond acceptors (Lipinski definition) is 1. The van der Waals surface area contributed by atoms with Gasteiger partial charge in [-0.25, -0.2) is 0 Å². The van der Waals surface area contributed by atoms with Gasteiger partial charge in [0.15, 0.2) is 0 Å². The van der Waals surface area contributed by atoms with E-state index in [1.54, 1.807) is 6.42 Å². The molecule has 0 heterocycles. The van der Waals surface area contributed by atoms with Crippen LogP contribution in [0.1, 0.15) is 38.5 Å². The lowest BCUT2D eigenvalue weighted by molar-refractivity contribution is 0.348. The second-order valence-corrected chi connectivity index (χ2v) is 5.13. The molecule has 1 nitrogen and oxygen atoms in total. The Kier molecular flexibility index (Phi) is 1.68. The Labute approximate surface area is 74.9 Å². The first-order chi connectivity index (χ1) is 5.92. The van der Waals surface area contributed by atoms with E-state index < -0.39 is 0 Å². The van der Waals surface area contributed by atoms with Crippen LogP contribution in [0.2, 0.25) is 0 Å². The van der Waals surface area contributed by atoms with E-state index >= 15 is 0 Å². The molecule has 0 aromatic carbocycles. The van der Waals surface area contributed by atoms with E-state index in [0.717, 1.165) is 23.8 Å². The lowest BCUT2D eigenvalue weighted by atomic mass is 9.95. The molecule has 3 aliphatic rings. The van der Waals surface area contributed by atoms with Gasteiger partial charge in [-0.3, -0.25) is 0 Å². The molecule has 0 unspecified atom stereocenters. The maximum Gasteiger partial charge on any atom is 0.00981 e. The van der Waals surface area contributed by atoms with Crippen molar-refractivity contribution in [1.29, 1.82) is 0 Å². The second-order valence-electron chi connectivity index (χ2n) is 5.13. The maximum absolute atomic E-state index is 3.77. The van der Waals surface area contributed by atoms with Crippen molar-refractivity contribution in [2.24, 2.45) is 17.8 Å². The van der Waals surface area contributed by atoms with Crippen molar-refractivity contribution in [3.63, 3.8) is 0 Å². The minimum absolute atomic E-state index is 0.921. The van der Waals surface area contributed by atoms with Gasteiger partial charge >= 0.3 is 0 Å². The monoisotopic (exact) mass is 165 g/mol. The van der Waals surface area contributed by atoms with Gasteiger partial charge < -0.3 is 5.32 Å². The molecule has 2 bridgehead atoms. The van der Waals surface area contributed by atoms with Gasteiger partial charge in [-0.2, -0.15) is 0 Å². The van der Waals surface area contributed by atoms with Gasteiger partial charge in [0.25, 0.3) is 0 Å². The molecule has 0 saturated heterocycles. The molecule has 3 rings (SSSR count). The fraction of sp³-hybridized carbons (Fsp3) is 1.00. The van der Waals surface area contributed by atoms with Gasteiger partial charge in [0, 0.05) is 6.04 Å². The highest BCUT2D eigenvalue weighted by atomic mass is 14.9. The van der Waals surface area contributed by atoms with E-state index in [-0.39, 0.29) is 0 Å². The van der Waals surface area contributed by atoms with Crippen LogP contribution in [-0.2, 0) is 0 Å². The van der Waals surface area contributed by atoms with E-state index in [0.29, 0.717) is 0 Å². The molecule has 0 aromatic heterocycles. The van der Waals surface area contributed by atoms with Crippen LogP contribution in [0.15, 0.2) is 0 Å². The molecular weight excluding hydrogens is 146 g/mol. The Hall–Kier alpha value is -0.0400. The summed E-state index contributed by atoms with van der Waals surface area (Å²) in [5, 5.41) is 3.77. The zero-order valence-corrected chi connectivity index (χ0v) is 7.76. The van der Waals surface area contributed by atoms with Gasteiger partial charge in [0.1, 0.15) is 0 Å². The molecule has 68 valence electrons. The van der Waals surface area contributed by atoms with Crippen LogP contribution < -0.4 is 5.32 Å². The zero-order chi connectivity index (χ0) is 7.97. The van der Waals surface area contributed by atoms with Gasteiger partial charge in [0.05, 0.1) is 0 Å². The van der Waals surface area contributed by atoms with E-state index in [9.17, 15) is 0 Å². The summed E-state index contributed by atoms with van der Waals surface area (Å²) in [6.45, 7) is 1.33. The summed E-state index contributed by atoms with van der Waals surface area (Å²) < 4.78 is 0. The van der Waals surface area contributed by atoms with Crippen molar-refractivity contribution in [3.05, 3.63) is 0 Å². The summed E-state index contributed by atoms with van der Waals surface area (Å²) in [6.07, 6.45) is 9.08. The first-order valence-electron chi connectivity index (χ1n) is 5.65. The van der Waals surface area contributed by atoms with E-state index in [2.05, 4.69) is 5.32 Å². The number of hydrogen-bond donors (Lipinski definition) is 1. The van der Waals surface area contributed by atoms with Crippen LogP contribution in [0.4, 0.5) is 0 Å². The summed E-state index contributed by atoms with van der Waals surface area (Å²) in [5.74, 6) is 3.23. The van der Waals surface area contributed by atoms with Crippen molar-refractivity contribution in [2.45, 2.75) is 44.6 Å². The Morgan fingerprint density at radius 1 is 1.00 bits per heavy atom. The minimum Gasteiger partial charge on any atom is -0.313 e. The Balaban J connectivity index is 1.50. The predicted molar refractivity (Wildman–Crippen MR) is 50.0 cm³/mol. The highest BCUT2D eigenvalue weighted by Gasteiger charge is 2.39. The number of fused-ring (bicyclic) bond motifs is 2. The maximum atomic E-state index is 3.77. The van der Waals surface area contributed by atoms with Gasteiger partial charge in [0.2, 0.25) is 0 Å². The standard InChI is InChI=1S/C11H19N/c1-2-8(1)7-12-11-6-9-3-4-10(11)5-9/h8-12H,1-7H2/t9-,10+,11-/m0/s1. The Morgan fingerprint density at radius 2 is 1.92 bits per heavy atom. The molecule has 0 aromatic rings. The molecular formula is C11H19N. The van der Waals surface area contributed by atoms with Crippen molar-refractivity contribution >= 4 is 0 Å². The van der Waals surface area contributed by atoms with E-state index in [4.69, 9.17) is 0 Å². The van der Waals surface area contributed by atoms with E-state index in [1.807, 2.05) is 0 Å². The summed E-state index contributed by atoms with van der Waals surface area (Å²) in [5.41, 5.74) is 0. The first kappa shape index (κ1) is 7.37. The third-order valence-electron chi connectivity index (χ3n) is 4.10. The van der Waals surface area contributed by atoms with Crippen molar-refractivity contribution in [3.8, 4) is 0 Å². The quantitative estimate of drug-likeness (QED) is 0.676. The summed E-state index contributed by atoms with van der Waals surface area (Å²) in [6, 6.07) is 0.921. The highest BCUT2D eigenvalue weighted by molar-refractivity contribution is 4.94. The summed E-state index contributed by atoms with van der Waals surface area (Å²) in [7, 11) is 0. The first-order valence-corrected chi connectivity index (χ1v) is 5.65. The zero-order valence-electron chi connectivity index (χ0n) is 7.76. The molecule has 3 atom stereocenters. The lowest BCUT2D eigenvalue weighted by Gasteiger charge is -2.22. The summed E-state index contributed by atoms with van der Waals surface area (Å²) >= 11 is 0. The third-order valence-corrected chi connectivity index (χ3v) is 4.10. The van der Waals surface area contributed by atoms with Gasteiger partial charge in [-0.1, -0.05) is 6.42 Å². The van der Waals surface area contributed by atoms with Crippen LogP contribution in [0.3, 0.4) is 0 Å². The highest BCUT2D eigenvalue weighted by Crippen LogP contribution is 2.44. The molecule has 3 fully saturated rings. The van der Waals surface area contributed by atoms with Gasteiger partial charge in [-0.05, 0) is 56.4 Å². The number of rotatable bonds is 3. The van der Waals surface area contributed by atoms with Crippen molar-refractivity contribution in [2.75, 3.05) is 6.54 Å². The Bertz CT molecular complexity index is 174. The second kappa shape index (κ2) is 2.73. The molecule has 1 N–H and O–H groups in total. The van der Waals surface area contributed by atoms with Crippen LogP contribution in [-0.4, -0.2) is 12.6 Å². The fourth-order valence-corrected chi connectivity index (χ4v) is 3.13. The lowest BCUT2D eigenvalue weighted by Crippen LogP contribution is -2.35. The largest absolute Gasteiger partial charge is 0.313 e. The normalized spacial score (nSPS) is 45.5. The average Bonchev–Trinajstić information content (AvgIpc) is 2.69. The fourth-order valence-electron chi connectivity index (χ4n) is 3.13. The van der Waals surface area contributed by atoms with Crippen LogP contribution in [0.25, 0.3) is 0 Å². The molecule has 3 saturated carbocycles. The topological polar surface area (TPSA) is 12.0 Å². The molecule has 1 heteroatoms. The van der Waals surface area contributed by atoms with Crippen LogP contribution >= 0.6 is 0 Å². The van der Waals surface area contributed by atoms with Crippen molar-refractivity contribution < 1.29 is 0 Å². The van der Waals surface area contributed by atoms with Crippen LogP contribution in [0.5, 0.6) is 0 Å². The average molecular weight is 165 g/mol. The van der Waals surface area contributed by atoms with Gasteiger partial charge in [-0.15, -0.1) is 0 Å². The third kappa shape index (κ3) is 1.28. The molecule has 3 aliphatic carbocycles. The SMILES string of the molecule is C1CC1CN[C@H]1C[C@H]2CC[C@@H]1C2. The molecule has 12 heavy (non-hydrogen) atoms.